The summed E-state index contributed by atoms with van der Waals surface area (Å²) in [6, 6.07) is 1.88. The van der Waals surface area contributed by atoms with E-state index in [1.807, 2.05) is 31.2 Å². The van der Waals surface area contributed by atoms with E-state index in [1.54, 1.807) is 12.2 Å². The molecule has 0 bridgehead atoms. The highest BCUT2D eigenvalue weighted by Crippen LogP contribution is 2.06. The lowest BCUT2D eigenvalue weighted by Gasteiger charge is -2.08. The Morgan fingerprint density at radius 3 is 2.77 bits per heavy atom. The van der Waals surface area contributed by atoms with Gasteiger partial charge < -0.3 is 16.4 Å². The maximum absolute atomic E-state index is 5.61. The van der Waals surface area contributed by atoms with E-state index in [2.05, 4.69) is 33.8 Å². The van der Waals surface area contributed by atoms with Gasteiger partial charge in [-0.1, -0.05) is 43.5 Å². The Labute approximate surface area is 132 Å². The van der Waals surface area contributed by atoms with Gasteiger partial charge in [-0.15, -0.1) is 0 Å². The number of aromatic nitrogens is 2. The second kappa shape index (κ2) is 10.3. The van der Waals surface area contributed by atoms with Gasteiger partial charge in [0.05, 0.1) is 0 Å². The van der Waals surface area contributed by atoms with Gasteiger partial charge >= 0.3 is 0 Å². The van der Waals surface area contributed by atoms with Crippen LogP contribution < -0.4 is 16.4 Å². The number of nitrogens with zero attached hydrogens (tertiary/aromatic N) is 2. The average molecular weight is 299 g/mol. The van der Waals surface area contributed by atoms with Gasteiger partial charge in [-0.3, -0.25) is 0 Å². The van der Waals surface area contributed by atoms with Crippen molar-refractivity contribution in [2.45, 2.75) is 13.3 Å². The third-order valence-corrected chi connectivity index (χ3v) is 2.82. The molecule has 1 aromatic rings. The van der Waals surface area contributed by atoms with Gasteiger partial charge in [0.15, 0.2) is 0 Å². The van der Waals surface area contributed by atoms with Crippen molar-refractivity contribution in [1.82, 2.24) is 15.3 Å². The molecule has 0 atom stereocenters. The highest BCUT2D eigenvalue weighted by atomic mass is 15.1. The third kappa shape index (κ3) is 7.40. The molecule has 22 heavy (non-hydrogen) atoms. The van der Waals surface area contributed by atoms with Crippen molar-refractivity contribution in [3.63, 3.8) is 0 Å². The molecular formula is C17H25N5. The molecule has 0 saturated carbocycles. The summed E-state index contributed by atoms with van der Waals surface area (Å²) in [4.78, 5) is 8.17. The number of nitrogens with two attached hydrogens (primary N) is 1. The first kappa shape index (κ1) is 17.7. The lowest BCUT2D eigenvalue weighted by Crippen LogP contribution is -2.20. The Hall–Kier alpha value is -2.40. The molecule has 118 valence electrons. The molecule has 0 radical (unpaired) electrons. The summed E-state index contributed by atoms with van der Waals surface area (Å²) in [7, 11) is 0. The summed E-state index contributed by atoms with van der Waals surface area (Å²) in [5, 5.41) is 6.63. The Morgan fingerprint density at radius 1 is 1.27 bits per heavy atom. The molecular weight excluding hydrogens is 274 g/mol. The zero-order chi connectivity index (χ0) is 16.2. The van der Waals surface area contributed by atoms with Gasteiger partial charge in [-0.25, -0.2) is 4.98 Å². The second-order valence-corrected chi connectivity index (χ2v) is 4.78. The molecule has 0 amide bonds. The quantitative estimate of drug-likeness (QED) is 0.457. The van der Waals surface area contributed by atoms with E-state index >= 15 is 0 Å². The molecule has 0 unspecified atom stereocenters. The topological polar surface area (TPSA) is 75.9 Å². The van der Waals surface area contributed by atoms with Gasteiger partial charge in [0.25, 0.3) is 0 Å². The second-order valence-electron chi connectivity index (χ2n) is 4.78. The van der Waals surface area contributed by atoms with Crippen LogP contribution >= 0.6 is 0 Å². The molecule has 0 fully saturated rings. The van der Waals surface area contributed by atoms with Gasteiger partial charge in [-0.05, 0) is 25.5 Å². The smallest absolute Gasteiger partial charge is 0.222 e. The molecule has 0 aliphatic rings. The molecule has 5 heteroatoms. The fraction of sp³-hybridized carbons (Fsp3) is 0.294. The van der Waals surface area contributed by atoms with Crippen molar-refractivity contribution >= 4 is 11.8 Å². The highest BCUT2D eigenvalue weighted by molar-refractivity contribution is 5.40. The number of nitrogens with one attached hydrogen (secondary N) is 2. The van der Waals surface area contributed by atoms with E-state index in [0.29, 0.717) is 5.95 Å². The van der Waals surface area contributed by atoms with Gasteiger partial charge in [0.1, 0.15) is 5.82 Å². The van der Waals surface area contributed by atoms with Crippen LogP contribution in [-0.4, -0.2) is 29.6 Å². The summed E-state index contributed by atoms with van der Waals surface area (Å²) >= 11 is 0. The lowest BCUT2D eigenvalue weighted by molar-refractivity contribution is 0.702. The van der Waals surface area contributed by atoms with Gasteiger partial charge in [0, 0.05) is 24.8 Å². The van der Waals surface area contributed by atoms with Crippen LogP contribution in [-0.2, 0) is 0 Å². The number of hydrogen-bond donors (Lipinski definition) is 3. The summed E-state index contributed by atoms with van der Waals surface area (Å²) in [6.45, 7) is 11.8. The highest BCUT2D eigenvalue weighted by Gasteiger charge is 1.98. The molecule has 1 aromatic heterocycles. The number of nitrogen functional groups attached to an aromatic ring is 1. The van der Waals surface area contributed by atoms with E-state index in [1.165, 1.54) is 5.57 Å². The number of aryl methyl sites for hydroxylation is 1. The van der Waals surface area contributed by atoms with Crippen LogP contribution in [0, 0.1) is 6.92 Å². The SMILES string of the molecule is C=C/C=C\C(=C/C=C)CNCCCNc1cc(C)nc(N)n1. The van der Waals surface area contributed by atoms with Crippen molar-refractivity contribution in [2.24, 2.45) is 0 Å². The third-order valence-electron chi connectivity index (χ3n) is 2.82. The normalized spacial score (nSPS) is 11.6. The molecule has 0 aliphatic carbocycles. The minimum atomic E-state index is 0.300. The standard InChI is InChI=1S/C17H25N5/c1-4-6-9-15(8-5-2)13-19-10-7-11-20-16-12-14(3)21-17(18)22-16/h4-6,8-9,12,19H,1-2,7,10-11,13H2,3H3,(H3,18,20,21,22)/b9-6-,15-8+. The zero-order valence-electron chi connectivity index (χ0n) is 13.2. The minimum Gasteiger partial charge on any atom is -0.370 e. The monoisotopic (exact) mass is 299 g/mol. The van der Waals surface area contributed by atoms with Crippen LogP contribution in [0.25, 0.3) is 0 Å². The lowest BCUT2D eigenvalue weighted by atomic mass is 10.2. The maximum atomic E-state index is 5.61. The van der Waals surface area contributed by atoms with E-state index in [4.69, 9.17) is 5.73 Å². The van der Waals surface area contributed by atoms with Crippen molar-refractivity contribution in [2.75, 3.05) is 30.7 Å². The number of anilines is 2. The van der Waals surface area contributed by atoms with Gasteiger partial charge in [0.2, 0.25) is 5.95 Å². The van der Waals surface area contributed by atoms with Crippen LogP contribution in [0.15, 0.2) is 55.2 Å². The first-order valence-corrected chi connectivity index (χ1v) is 7.32. The van der Waals surface area contributed by atoms with Crippen molar-refractivity contribution < 1.29 is 0 Å². The molecule has 0 spiro atoms. The van der Waals surface area contributed by atoms with E-state index in [0.717, 1.165) is 37.6 Å². The largest absolute Gasteiger partial charge is 0.370 e. The molecule has 0 saturated heterocycles. The molecule has 0 aromatic carbocycles. The Morgan fingerprint density at radius 2 is 2.09 bits per heavy atom. The van der Waals surface area contributed by atoms with Crippen LogP contribution in [0.3, 0.4) is 0 Å². The van der Waals surface area contributed by atoms with E-state index in [-0.39, 0.29) is 0 Å². The first-order valence-electron chi connectivity index (χ1n) is 7.32. The van der Waals surface area contributed by atoms with Crippen LogP contribution in [0.5, 0.6) is 0 Å². The predicted molar refractivity (Wildman–Crippen MR) is 94.8 cm³/mol. The maximum Gasteiger partial charge on any atom is 0.222 e. The van der Waals surface area contributed by atoms with E-state index < -0.39 is 0 Å². The van der Waals surface area contributed by atoms with Crippen LogP contribution in [0.4, 0.5) is 11.8 Å². The minimum absolute atomic E-state index is 0.300. The Balaban J connectivity index is 2.24. The molecule has 0 aliphatic heterocycles. The van der Waals surface area contributed by atoms with Crippen LogP contribution in [0.1, 0.15) is 12.1 Å². The summed E-state index contributed by atoms with van der Waals surface area (Å²) in [6.07, 6.45) is 10.4. The summed E-state index contributed by atoms with van der Waals surface area (Å²) in [5.74, 6) is 1.07. The zero-order valence-corrected chi connectivity index (χ0v) is 13.2. The van der Waals surface area contributed by atoms with E-state index in [9.17, 15) is 0 Å². The van der Waals surface area contributed by atoms with Crippen molar-refractivity contribution in [3.8, 4) is 0 Å². The summed E-state index contributed by atoms with van der Waals surface area (Å²) < 4.78 is 0. The van der Waals surface area contributed by atoms with Crippen molar-refractivity contribution in [1.29, 1.82) is 0 Å². The average Bonchev–Trinajstić information content (AvgIpc) is 2.47. The van der Waals surface area contributed by atoms with Crippen LogP contribution in [0.2, 0.25) is 0 Å². The molecule has 1 heterocycles. The summed E-state index contributed by atoms with van der Waals surface area (Å²) in [5.41, 5.74) is 7.64. The van der Waals surface area contributed by atoms with Gasteiger partial charge in [-0.2, -0.15) is 4.98 Å². The molecule has 5 nitrogen and oxygen atoms in total. The van der Waals surface area contributed by atoms with Crippen molar-refractivity contribution in [3.05, 3.63) is 60.9 Å². The predicted octanol–water partition coefficient (Wildman–Crippen LogP) is 2.61. The molecule has 4 N–H and O–H groups in total. The fourth-order valence-corrected chi connectivity index (χ4v) is 1.86. The number of rotatable bonds is 10. The number of allylic oxidation sites excluding steroid dienone is 4. The Bertz CT molecular complexity index is 526. The molecule has 1 rings (SSSR count). The Kier molecular flexibility index (Phi) is 8.30. The number of hydrogen-bond acceptors (Lipinski definition) is 5. The first-order chi connectivity index (χ1) is 10.7. The fourth-order valence-electron chi connectivity index (χ4n) is 1.86.